The minimum absolute atomic E-state index is 0.133. The molecule has 7 nitrogen and oxygen atoms in total. The topological polar surface area (TPSA) is 113 Å². The third-order valence-electron chi connectivity index (χ3n) is 2.61. The van der Waals surface area contributed by atoms with Gasteiger partial charge in [-0.25, -0.2) is 4.79 Å². The zero-order valence-electron chi connectivity index (χ0n) is 12.4. The van der Waals surface area contributed by atoms with E-state index in [9.17, 15) is 14.4 Å². The Morgan fingerprint density at radius 2 is 1.90 bits per heavy atom. The first kappa shape index (κ1) is 18.2. The van der Waals surface area contributed by atoms with E-state index in [2.05, 4.69) is 5.32 Å². The number of hydrogen-bond donors (Lipinski definition) is 3. The molecular weight excluding hydrogens is 262 g/mol. The van der Waals surface area contributed by atoms with Crippen LogP contribution in [0.1, 0.15) is 40.0 Å². The van der Waals surface area contributed by atoms with Gasteiger partial charge in [-0.2, -0.15) is 0 Å². The summed E-state index contributed by atoms with van der Waals surface area (Å²) in [4.78, 5) is 35.2. The second-order valence-corrected chi connectivity index (χ2v) is 5.27. The van der Waals surface area contributed by atoms with Gasteiger partial charge in [0.15, 0.2) is 0 Å². The molecule has 0 rings (SSSR count). The number of nitrogens with zero attached hydrogens (tertiary/aromatic N) is 1. The Kier molecular flexibility index (Phi) is 8.35. The van der Waals surface area contributed by atoms with E-state index in [1.54, 1.807) is 0 Å². The highest BCUT2D eigenvalue weighted by molar-refractivity contribution is 5.83. The highest BCUT2D eigenvalue weighted by atomic mass is 16.4. The summed E-state index contributed by atoms with van der Waals surface area (Å²) < 4.78 is 0. The Morgan fingerprint density at radius 1 is 1.30 bits per heavy atom. The first-order valence-corrected chi connectivity index (χ1v) is 6.81. The molecule has 0 aromatic heterocycles. The molecule has 0 heterocycles. The Balaban J connectivity index is 4.67. The summed E-state index contributed by atoms with van der Waals surface area (Å²) in [7, 11) is 0. The summed E-state index contributed by atoms with van der Waals surface area (Å²) in [5, 5.41) is 11.5. The van der Waals surface area contributed by atoms with E-state index in [4.69, 9.17) is 10.8 Å². The van der Waals surface area contributed by atoms with Crippen molar-refractivity contribution >= 4 is 17.9 Å². The van der Waals surface area contributed by atoms with Crippen LogP contribution in [0.25, 0.3) is 0 Å². The highest BCUT2D eigenvalue weighted by Gasteiger charge is 2.21. The number of carboxylic acids is 1. The van der Waals surface area contributed by atoms with Crippen molar-refractivity contribution in [2.24, 2.45) is 11.7 Å². The number of aliphatic carboxylic acids is 1. The number of amides is 3. The summed E-state index contributed by atoms with van der Waals surface area (Å²) in [6.07, 6.45) is 1.20. The van der Waals surface area contributed by atoms with Gasteiger partial charge in [0.2, 0.25) is 5.91 Å². The molecular formula is C13H25N3O4. The Morgan fingerprint density at radius 3 is 2.30 bits per heavy atom. The molecule has 7 heteroatoms. The molecule has 0 fully saturated rings. The monoisotopic (exact) mass is 287 g/mol. The average molecular weight is 287 g/mol. The number of carbonyl (C=O) groups is 3. The Labute approximate surface area is 119 Å². The molecule has 20 heavy (non-hydrogen) atoms. The summed E-state index contributed by atoms with van der Waals surface area (Å²) >= 11 is 0. The summed E-state index contributed by atoms with van der Waals surface area (Å²) in [5.74, 6) is -1.37. The van der Waals surface area contributed by atoms with Gasteiger partial charge >= 0.3 is 12.0 Å². The van der Waals surface area contributed by atoms with Crippen molar-refractivity contribution in [2.75, 3.05) is 13.1 Å². The molecule has 0 radical (unpaired) electrons. The maximum atomic E-state index is 12.1. The van der Waals surface area contributed by atoms with Gasteiger partial charge in [0.05, 0.1) is 6.42 Å². The number of hydrogen-bond acceptors (Lipinski definition) is 3. The number of rotatable bonds is 9. The molecule has 3 amide bonds. The van der Waals surface area contributed by atoms with Crippen LogP contribution in [0.3, 0.4) is 0 Å². The minimum atomic E-state index is -0.964. The number of primary amides is 1. The lowest BCUT2D eigenvalue weighted by Gasteiger charge is -2.26. The van der Waals surface area contributed by atoms with Crippen LogP contribution in [0.15, 0.2) is 0 Å². The summed E-state index contributed by atoms with van der Waals surface area (Å²) in [5.41, 5.74) is 5.12. The largest absolute Gasteiger partial charge is 0.481 e. The molecule has 0 aliphatic rings. The van der Waals surface area contributed by atoms with Crippen molar-refractivity contribution in [2.45, 2.75) is 46.1 Å². The zero-order valence-corrected chi connectivity index (χ0v) is 12.4. The third kappa shape index (κ3) is 8.34. The van der Waals surface area contributed by atoms with Crippen LogP contribution in [-0.4, -0.2) is 47.0 Å². The Hall–Kier alpha value is -1.79. The van der Waals surface area contributed by atoms with E-state index in [-0.39, 0.29) is 18.9 Å². The SMILES string of the molecule is CCCC(CC(=O)O)NC(=O)N(CC(N)=O)CC(C)C. The zero-order chi connectivity index (χ0) is 15.7. The molecule has 0 saturated carbocycles. The van der Waals surface area contributed by atoms with Gasteiger partial charge in [-0.3, -0.25) is 9.59 Å². The lowest BCUT2D eigenvalue weighted by Crippen LogP contribution is -2.49. The van der Waals surface area contributed by atoms with E-state index in [1.807, 2.05) is 20.8 Å². The maximum absolute atomic E-state index is 12.1. The number of nitrogens with two attached hydrogens (primary N) is 1. The van der Waals surface area contributed by atoms with Crippen LogP contribution in [-0.2, 0) is 9.59 Å². The van der Waals surface area contributed by atoms with Gasteiger partial charge in [0.25, 0.3) is 0 Å². The minimum Gasteiger partial charge on any atom is -0.481 e. The van der Waals surface area contributed by atoms with Crippen LogP contribution in [0.2, 0.25) is 0 Å². The van der Waals surface area contributed by atoms with Crippen molar-refractivity contribution in [3.63, 3.8) is 0 Å². The fraction of sp³-hybridized carbons (Fsp3) is 0.769. The lowest BCUT2D eigenvalue weighted by molar-refractivity contribution is -0.137. The molecule has 0 spiro atoms. The first-order chi connectivity index (χ1) is 9.26. The fourth-order valence-corrected chi connectivity index (χ4v) is 1.90. The average Bonchev–Trinajstić information content (AvgIpc) is 2.26. The van der Waals surface area contributed by atoms with Crippen molar-refractivity contribution in [1.29, 1.82) is 0 Å². The standard InChI is InChI=1S/C13H25N3O4/c1-4-5-10(6-12(18)19)15-13(20)16(7-9(2)3)8-11(14)17/h9-10H,4-8H2,1-3H3,(H2,14,17)(H,15,20)(H,18,19). The van der Waals surface area contributed by atoms with Gasteiger partial charge < -0.3 is 21.1 Å². The number of nitrogens with one attached hydrogen (secondary N) is 1. The van der Waals surface area contributed by atoms with Crippen LogP contribution in [0.5, 0.6) is 0 Å². The second kappa shape index (κ2) is 9.17. The normalized spacial score (nSPS) is 12.0. The molecule has 0 aromatic rings. The van der Waals surface area contributed by atoms with Crippen LogP contribution >= 0.6 is 0 Å². The second-order valence-electron chi connectivity index (χ2n) is 5.27. The summed E-state index contributed by atoms with van der Waals surface area (Å²) in [6, 6.07) is -0.885. The predicted octanol–water partition coefficient (Wildman–Crippen LogP) is 0.783. The molecule has 4 N–H and O–H groups in total. The Bertz CT molecular complexity index is 345. The fourth-order valence-electron chi connectivity index (χ4n) is 1.90. The number of carbonyl (C=O) groups excluding carboxylic acids is 2. The van der Waals surface area contributed by atoms with Gasteiger partial charge in [-0.1, -0.05) is 27.2 Å². The predicted molar refractivity (Wildman–Crippen MR) is 75.1 cm³/mol. The lowest BCUT2D eigenvalue weighted by atomic mass is 10.1. The van der Waals surface area contributed by atoms with Crippen molar-refractivity contribution in [3.8, 4) is 0 Å². The highest BCUT2D eigenvalue weighted by Crippen LogP contribution is 2.05. The molecule has 0 aromatic carbocycles. The van der Waals surface area contributed by atoms with Crippen molar-refractivity contribution in [3.05, 3.63) is 0 Å². The maximum Gasteiger partial charge on any atom is 0.318 e. The van der Waals surface area contributed by atoms with Crippen LogP contribution in [0, 0.1) is 5.92 Å². The van der Waals surface area contributed by atoms with Gasteiger partial charge in [0, 0.05) is 12.6 Å². The smallest absolute Gasteiger partial charge is 0.318 e. The summed E-state index contributed by atoms with van der Waals surface area (Å²) in [6.45, 7) is 5.97. The molecule has 0 saturated heterocycles. The third-order valence-corrected chi connectivity index (χ3v) is 2.61. The molecule has 0 bridgehead atoms. The molecule has 1 atom stereocenters. The van der Waals surface area contributed by atoms with E-state index in [0.717, 1.165) is 6.42 Å². The van der Waals surface area contributed by atoms with Gasteiger partial charge in [-0.15, -0.1) is 0 Å². The first-order valence-electron chi connectivity index (χ1n) is 6.81. The van der Waals surface area contributed by atoms with E-state index >= 15 is 0 Å². The molecule has 1 unspecified atom stereocenters. The molecule has 0 aliphatic heterocycles. The number of carboxylic acid groups (broad SMARTS) is 1. The number of urea groups is 1. The van der Waals surface area contributed by atoms with E-state index in [0.29, 0.717) is 13.0 Å². The van der Waals surface area contributed by atoms with Gasteiger partial charge in [-0.05, 0) is 12.3 Å². The van der Waals surface area contributed by atoms with E-state index in [1.165, 1.54) is 4.90 Å². The molecule has 116 valence electrons. The van der Waals surface area contributed by atoms with Crippen LogP contribution in [0.4, 0.5) is 4.79 Å². The van der Waals surface area contributed by atoms with Crippen molar-refractivity contribution < 1.29 is 19.5 Å². The van der Waals surface area contributed by atoms with Crippen molar-refractivity contribution in [1.82, 2.24) is 10.2 Å². The van der Waals surface area contributed by atoms with E-state index < -0.39 is 23.9 Å². The van der Waals surface area contributed by atoms with Gasteiger partial charge in [0.1, 0.15) is 6.54 Å². The van der Waals surface area contributed by atoms with Crippen LogP contribution < -0.4 is 11.1 Å². The molecule has 0 aliphatic carbocycles. The quantitative estimate of drug-likeness (QED) is 0.581.